The Hall–Kier alpha value is -3.45. The van der Waals surface area contributed by atoms with Crippen LogP contribution >= 0.6 is 0 Å². The summed E-state index contributed by atoms with van der Waals surface area (Å²) in [6, 6.07) is 8.28. The number of amides is 1. The predicted molar refractivity (Wildman–Crippen MR) is 172 cm³/mol. The molecule has 43 heavy (non-hydrogen) atoms. The number of nitrogens with zero attached hydrogens (tertiary/aromatic N) is 1. The molecule has 2 atom stereocenters. The number of halogens is 1. The van der Waals surface area contributed by atoms with Crippen molar-refractivity contribution in [3.63, 3.8) is 0 Å². The van der Waals surface area contributed by atoms with Crippen molar-refractivity contribution in [1.82, 2.24) is 10.2 Å². The van der Waals surface area contributed by atoms with E-state index in [1.165, 1.54) is 6.07 Å². The van der Waals surface area contributed by atoms with Gasteiger partial charge < -0.3 is 19.7 Å². The lowest BCUT2D eigenvalue weighted by molar-refractivity contribution is 0.0897. The van der Waals surface area contributed by atoms with Crippen LogP contribution in [0.1, 0.15) is 92.0 Å². The third-order valence-corrected chi connectivity index (χ3v) is 8.20. The Bertz CT molecular complexity index is 1390. The molecule has 0 heterocycles. The minimum Gasteiger partial charge on any atom is -0.491 e. The number of ketones is 1. The Morgan fingerprint density at radius 1 is 1.09 bits per heavy atom. The normalized spacial score (nSPS) is 18.0. The first kappa shape index (κ1) is 34.0. The topological polar surface area (TPSA) is 67.9 Å². The Morgan fingerprint density at radius 3 is 2.44 bits per heavy atom. The van der Waals surface area contributed by atoms with Gasteiger partial charge in [0, 0.05) is 54.9 Å². The molecule has 3 rings (SSSR count). The highest BCUT2D eigenvalue weighted by Gasteiger charge is 2.25. The Kier molecular flexibility index (Phi) is 13.0. The molecule has 1 amide bonds. The van der Waals surface area contributed by atoms with E-state index in [4.69, 9.17) is 9.47 Å². The molecule has 0 bridgehead atoms. The lowest BCUT2D eigenvalue weighted by Gasteiger charge is -2.27. The number of rotatable bonds is 12. The molecule has 0 radical (unpaired) electrons. The second-order valence-electron chi connectivity index (χ2n) is 12.0. The minimum atomic E-state index is -0.509. The molecular formula is C36H49FN2O4. The van der Waals surface area contributed by atoms with E-state index in [-0.39, 0.29) is 29.3 Å². The summed E-state index contributed by atoms with van der Waals surface area (Å²) in [4.78, 5) is 28.3. The molecule has 234 valence electrons. The van der Waals surface area contributed by atoms with Crippen LogP contribution in [0.25, 0.3) is 12.8 Å². The number of carbonyl (C=O) groups excluding carboxylic acids is 2. The van der Waals surface area contributed by atoms with Crippen LogP contribution in [0.4, 0.5) is 4.39 Å². The van der Waals surface area contributed by atoms with Gasteiger partial charge in [0.25, 0.3) is 5.91 Å². The molecule has 1 aliphatic rings. The molecule has 1 N–H and O–H groups in total. The zero-order chi connectivity index (χ0) is 31.5. The zero-order valence-corrected chi connectivity index (χ0v) is 26.6. The fraction of sp³-hybridized carbons (Fsp3) is 0.500. The van der Waals surface area contributed by atoms with Crippen molar-refractivity contribution < 1.29 is 23.5 Å². The van der Waals surface area contributed by atoms with Crippen molar-refractivity contribution in [3.05, 3.63) is 75.6 Å². The second kappa shape index (κ2) is 16.4. The van der Waals surface area contributed by atoms with Gasteiger partial charge in [-0.1, -0.05) is 38.5 Å². The van der Waals surface area contributed by atoms with Crippen LogP contribution in [-0.4, -0.2) is 49.5 Å². The molecule has 2 unspecified atom stereocenters. The Labute approximate surface area is 256 Å². The van der Waals surface area contributed by atoms with Gasteiger partial charge in [-0.25, -0.2) is 4.39 Å². The average molecular weight is 593 g/mol. The van der Waals surface area contributed by atoms with Gasteiger partial charge in [-0.15, -0.1) is 0 Å². The first-order chi connectivity index (χ1) is 20.5. The van der Waals surface area contributed by atoms with Gasteiger partial charge in [0.05, 0.1) is 18.3 Å². The third-order valence-electron chi connectivity index (χ3n) is 8.20. The molecule has 1 aliphatic carbocycles. The molecule has 1 saturated carbocycles. The summed E-state index contributed by atoms with van der Waals surface area (Å²) in [5.74, 6) is -0.0635. The number of hydrogen-bond acceptors (Lipinski definition) is 5. The summed E-state index contributed by atoms with van der Waals surface area (Å²) < 4.78 is 25.5. The van der Waals surface area contributed by atoms with Crippen molar-refractivity contribution in [3.8, 4) is 5.75 Å². The molecule has 0 aromatic heterocycles. The summed E-state index contributed by atoms with van der Waals surface area (Å²) in [7, 11) is 1.61. The van der Waals surface area contributed by atoms with E-state index in [9.17, 15) is 14.0 Å². The first-order valence-corrected chi connectivity index (χ1v) is 15.5. The predicted octanol–water partition coefficient (Wildman–Crippen LogP) is 6.14. The van der Waals surface area contributed by atoms with Crippen LogP contribution < -0.4 is 20.5 Å². The quantitative estimate of drug-likeness (QED) is 0.237. The SMILES string of the molecule is C=C(C)N(/C=c1/c(C)c(C(=O)NCCOC)ccc1=C)CC1CCCCC(C(=O)c2ccc(OC(C)C)cc2F)CCC1. The summed E-state index contributed by atoms with van der Waals surface area (Å²) in [6.07, 6.45) is 8.40. The van der Waals surface area contributed by atoms with Gasteiger partial charge in [0.15, 0.2) is 5.78 Å². The maximum Gasteiger partial charge on any atom is 0.251 e. The number of Topliss-reactive ketones (excluding diaryl/α,β-unsaturated/α-hetero) is 1. The van der Waals surface area contributed by atoms with Gasteiger partial charge in [0.2, 0.25) is 0 Å². The monoisotopic (exact) mass is 592 g/mol. The van der Waals surface area contributed by atoms with E-state index in [2.05, 4.69) is 29.6 Å². The van der Waals surface area contributed by atoms with Gasteiger partial charge in [-0.05, 0) is 88.3 Å². The minimum absolute atomic E-state index is 0.0609. The number of ether oxygens (including phenoxy) is 2. The highest BCUT2D eigenvalue weighted by atomic mass is 19.1. The fourth-order valence-corrected chi connectivity index (χ4v) is 5.80. The highest BCUT2D eigenvalue weighted by Crippen LogP contribution is 2.30. The van der Waals surface area contributed by atoms with Gasteiger partial charge in [-0.3, -0.25) is 9.59 Å². The van der Waals surface area contributed by atoms with Gasteiger partial charge >= 0.3 is 0 Å². The Balaban J connectivity index is 1.71. The number of carbonyl (C=O) groups is 2. The number of nitrogens with one attached hydrogen (secondary N) is 1. The summed E-state index contributed by atoms with van der Waals surface area (Å²) >= 11 is 0. The molecule has 0 aliphatic heterocycles. The maximum absolute atomic E-state index is 14.9. The van der Waals surface area contributed by atoms with E-state index in [1.807, 2.05) is 39.8 Å². The first-order valence-electron chi connectivity index (χ1n) is 15.5. The number of methoxy groups -OCH3 is 1. The smallest absolute Gasteiger partial charge is 0.251 e. The van der Waals surface area contributed by atoms with Crippen LogP contribution in [0, 0.1) is 24.6 Å². The van der Waals surface area contributed by atoms with E-state index in [0.29, 0.717) is 30.4 Å². The molecule has 2 aromatic rings. The van der Waals surface area contributed by atoms with Gasteiger partial charge in [-0.2, -0.15) is 0 Å². The van der Waals surface area contributed by atoms with Crippen molar-refractivity contribution in [2.45, 2.75) is 78.7 Å². The lowest BCUT2D eigenvalue weighted by atomic mass is 9.88. The van der Waals surface area contributed by atoms with Crippen molar-refractivity contribution in [1.29, 1.82) is 0 Å². The molecule has 6 nitrogen and oxygen atoms in total. The summed E-state index contributed by atoms with van der Waals surface area (Å²) in [5.41, 5.74) is 2.57. The molecule has 1 fully saturated rings. The molecule has 7 heteroatoms. The molecule has 0 saturated heterocycles. The Morgan fingerprint density at radius 2 is 1.77 bits per heavy atom. The van der Waals surface area contributed by atoms with Crippen LogP contribution in [0.2, 0.25) is 0 Å². The van der Waals surface area contributed by atoms with E-state index in [0.717, 1.165) is 73.2 Å². The van der Waals surface area contributed by atoms with Crippen LogP contribution in [0.15, 0.2) is 42.6 Å². The van der Waals surface area contributed by atoms with E-state index >= 15 is 0 Å². The number of hydrogen-bond donors (Lipinski definition) is 1. The lowest BCUT2D eigenvalue weighted by Crippen LogP contribution is -2.35. The average Bonchev–Trinajstić information content (AvgIpc) is 3.06. The van der Waals surface area contributed by atoms with Crippen molar-refractivity contribution >= 4 is 24.5 Å². The number of allylic oxidation sites excluding steroid dienone is 1. The molecule has 2 aromatic carbocycles. The van der Waals surface area contributed by atoms with Crippen LogP contribution in [0.3, 0.4) is 0 Å². The second-order valence-corrected chi connectivity index (χ2v) is 12.0. The van der Waals surface area contributed by atoms with Crippen LogP contribution in [0.5, 0.6) is 5.75 Å². The molecular weight excluding hydrogens is 543 g/mol. The van der Waals surface area contributed by atoms with E-state index < -0.39 is 5.82 Å². The highest BCUT2D eigenvalue weighted by molar-refractivity contribution is 5.98. The largest absolute Gasteiger partial charge is 0.491 e. The van der Waals surface area contributed by atoms with Crippen molar-refractivity contribution in [2.75, 3.05) is 26.8 Å². The van der Waals surface area contributed by atoms with Gasteiger partial charge in [0.1, 0.15) is 11.6 Å². The third kappa shape index (κ3) is 9.78. The van der Waals surface area contributed by atoms with Crippen LogP contribution in [-0.2, 0) is 4.74 Å². The fourth-order valence-electron chi connectivity index (χ4n) is 5.80. The standard InChI is InChI=1S/C36H49FN2O4/c1-24(2)39(23-33-26(5)15-17-31(27(33)6)36(41)38-19-20-42-7)22-28-11-8-9-13-29(14-10-12-28)35(40)32-18-16-30(21-34(32)37)43-25(3)4/h15-18,21,23,25,28-29H,1,5,8-14,19-20,22H2,2-4,6-7H3,(H,38,41)/b33-23+. The zero-order valence-electron chi connectivity index (χ0n) is 26.6. The molecule has 0 spiro atoms. The van der Waals surface area contributed by atoms with Crippen molar-refractivity contribution in [2.24, 2.45) is 11.8 Å². The number of benzene rings is 2. The maximum atomic E-state index is 14.9. The van der Waals surface area contributed by atoms with E-state index in [1.54, 1.807) is 19.2 Å². The summed E-state index contributed by atoms with van der Waals surface area (Å²) in [6.45, 7) is 17.9. The summed E-state index contributed by atoms with van der Waals surface area (Å²) in [5, 5.41) is 4.67.